The van der Waals surface area contributed by atoms with Gasteiger partial charge in [-0.1, -0.05) is 0 Å². The van der Waals surface area contributed by atoms with Crippen LogP contribution in [0.2, 0.25) is 0 Å². The van der Waals surface area contributed by atoms with E-state index >= 15 is 0 Å². The maximum atomic E-state index is 12.7. The van der Waals surface area contributed by atoms with Gasteiger partial charge in [0.25, 0.3) is 0 Å². The maximum Gasteiger partial charge on any atom is 0.339 e. The summed E-state index contributed by atoms with van der Waals surface area (Å²) in [6.07, 6.45) is -3.59. The highest BCUT2D eigenvalue weighted by atomic mass is 19.1. The van der Waals surface area contributed by atoms with Crippen LogP contribution in [0, 0.1) is 0 Å². The van der Waals surface area contributed by atoms with Crippen molar-refractivity contribution < 1.29 is 29.6 Å². The molecule has 0 heterocycles. The molecule has 1 rings (SSSR count). The molecule has 1 aliphatic rings. The van der Waals surface area contributed by atoms with E-state index in [1.165, 1.54) is 0 Å². The third-order valence-electron chi connectivity index (χ3n) is 1.91. The molecule has 5 nitrogen and oxygen atoms in total. The minimum absolute atomic E-state index is 0.396. The van der Waals surface area contributed by atoms with E-state index in [4.69, 9.17) is 15.3 Å². The molecule has 0 saturated heterocycles. The molecule has 0 aliphatic heterocycles. The van der Waals surface area contributed by atoms with Gasteiger partial charge < -0.3 is 20.4 Å². The molecule has 3 unspecified atom stereocenters. The number of rotatable bonds is 1. The van der Waals surface area contributed by atoms with E-state index in [1.807, 2.05) is 0 Å². The fourth-order valence-corrected chi connectivity index (χ4v) is 1.14. The monoisotopic (exact) mass is 192 g/mol. The van der Waals surface area contributed by atoms with Gasteiger partial charge in [0.15, 0.2) is 5.60 Å². The van der Waals surface area contributed by atoms with Crippen LogP contribution < -0.4 is 0 Å². The number of carbonyl (C=O) groups is 1. The zero-order chi connectivity index (χ0) is 10.2. The quantitative estimate of drug-likeness (QED) is 0.417. The molecule has 74 valence electrons. The van der Waals surface area contributed by atoms with Crippen LogP contribution in [0.5, 0.6) is 0 Å². The lowest BCUT2D eigenvalue weighted by atomic mass is 9.87. The Labute approximate surface area is 72.7 Å². The van der Waals surface area contributed by atoms with E-state index in [2.05, 4.69) is 0 Å². The van der Waals surface area contributed by atoms with Gasteiger partial charge in [-0.15, -0.1) is 0 Å². The van der Waals surface area contributed by atoms with Gasteiger partial charge in [0, 0.05) is 6.42 Å². The molecule has 0 bridgehead atoms. The SMILES string of the molecule is O=C(O)C1(O)C=C(F)C(O)C(O)C1. The lowest BCUT2D eigenvalue weighted by Gasteiger charge is -2.30. The van der Waals surface area contributed by atoms with Gasteiger partial charge in [0.05, 0.1) is 6.10 Å². The van der Waals surface area contributed by atoms with Crippen LogP contribution in [0.4, 0.5) is 4.39 Å². The molecule has 0 spiro atoms. The normalized spacial score (nSPS) is 39.8. The summed E-state index contributed by atoms with van der Waals surface area (Å²) in [5.74, 6) is -2.89. The third kappa shape index (κ3) is 1.69. The van der Waals surface area contributed by atoms with Crippen molar-refractivity contribution in [2.75, 3.05) is 0 Å². The molecule has 0 fully saturated rings. The Balaban J connectivity index is 3.00. The highest BCUT2D eigenvalue weighted by Crippen LogP contribution is 2.28. The zero-order valence-corrected chi connectivity index (χ0v) is 6.51. The minimum atomic E-state index is -2.43. The largest absolute Gasteiger partial charge is 0.479 e. The average Bonchev–Trinajstić information content (AvgIpc) is 2.00. The molecule has 0 radical (unpaired) electrons. The summed E-state index contributed by atoms with van der Waals surface area (Å²) in [4.78, 5) is 10.4. The van der Waals surface area contributed by atoms with Crippen molar-refractivity contribution in [3.8, 4) is 0 Å². The molecule has 3 atom stereocenters. The second kappa shape index (κ2) is 3.06. The summed E-state index contributed by atoms with van der Waals surface area (Å²) in [5, 5.41) is 35.5. The Hall–Kier alpha value is -0.980. The zero-order valence-electron chi connectivity index (χ0n) is 6.51. The van der Waals surface area contributed by atoms with E-state index in [0.29, 0.717) is 6.08 Å². The number of hydrogen-bond acceptors (Lipinski definition) is 4. The molecule has 0 aromatic rings. The van der Waals surface area contributed by atoms with E-state index in [1.54, 1.807) is 0 Å². The van der Waals surface area contributed by atoms with Crippen LogP contribution in [0.15, 0.2) is 11.9 Å². The van der Waals surface area contributed by atoms with Gasteiger partial charge in [0.2, 0.25) is 0 Å². The molecule has 0 aromatic carbocycles. The van der Waals surface area contributed by atoms with E-state index in [9.17, 15) is 14.3 Å². The Morgan fingerprint density at radius 3 is 2.54 bits per heavy atom. The van der Waals surface area contributed by atoms with Crippen molar-refractivity contribution in [3.63, 3.8) is 0 Å². The van der Waals surface area contributed by atoms with Crippen LogP contribution in [0.1, 0.15) is 6.42 Å². The number of carboxylic acids is 1. The number of carboxylic acid groups (broad SMARTS) is 1. The summed E-state index contributed by atoms with van der Waals surface area (Å²) in [5.41, 5.74) is -2.43. The summed E-state index contributed by atoms with van der Waals surface area (Å²) in [6, 6.07) is 0. The average molecular weight is 192 g/mol. The van der Waals surface area contributed by atoms with Crippen molar-refractivity contribution in [3.05, 3.63) is 11.9 Å². The predicted octanol–water partition coefficient (Wildman–Crippen LogP) is -1.22. The Morgan fingerprint density at radius 1 is 1.62 bits per heavy atom. The van der Waals surface area contributed by atoms with Gasteiger partial charge in [-0.2, -0.15) is 0 Å². The molecule has 0 saturated carbocycles. The number of aliphatic carboxylic acids is 1. The van der Waals surface area contributed by atoms with E-state index in [0.717, 1.165) is 0 Å². The molecular weight excluding hydrogens is 183 g/mol. The Kier molecular flexibility index (Phi) is 2.38. The first-order chi connectivity index (χ1) is 5.87. The van der Waals surface area contributed by atoms with Gasteiger partial charge in [-0.3, -0.25) is 0 Å². The Bertz CT molecular complexity index is 264. The maximum absolute atomic E-state index is 12.7. The van der Waals surface area contributed by atoms with E-state index < -0.39 is 36.0 Å². The summed E-state index contributed by atoms with van der Waals surface area (Å²) in [6.45, 7) is 0. The van der Waals surface area contributed by atoms with Crippen LogP contribution >= 0.6 is 0 Å². The number of aliphatic hydroxyl groups is 3. The van der Waals surface area contributed by atoms with Gasteiger partial charge in [-0.05, 0) is 6.08 Å². The van der Waals surface area contributed by atoms with Crippen LogP contribution in [0.25, 0.3) is 0 Å². The molecule has 0 aromatic heterocycles. The first kappa shape index (κ1) is 10.1. The van der Waals surface area contributed by atoms with Gasteiger partial charge >= 0.3 is 5.97 Å². The van der Waals surface area contributed by atoms with Crippen molar-refractivity contribution >= 4 is 5.97 Å². The minimum Gasteiger partial charge on any atom is -0.479 e. The second-order valence-electron chi connectivity index (χ2n) is 2.97. The van der Waals surface area contributed by atoms with Crippen molar-refractivity contribution in [1.29, 1.82) is 0 Å². The molecule has 13 heavy (non-hydrogen) atoms. The highest BCUT2D eigenvalue weighted by Gasteiger charge is 2.44. The first-order valence-corrected chi connectivity index (χ1v) is 3.57. The first-order valence-electron chi connectivity index (χ1n) is 3.57. The standard InChI is InChI=1S/C7H9FO5/c8-3-1-7(13,6(11)12)2-4(9)5(3)10/h1,4-5,9-10,13H,2H2,(H,11,12). The number of aliphatic hydroxyl groups excluding tert-OH is 2. The van der Waals surface area contributed by atoms with Crippen LogP contribution in [0.3, 0.4) is 0 Å². The molecule has 0 amide bonds. The summed E-state index contributed by atoms with van der Waals surface area (Å²) >= 11 is 0. The molecule has 6 heteroatoms. The van der Waals surface area contributed by atoms with Crippen molar-refractivity contribution in [2.45, 2.75) is 24.2 Å². The van der Waals surface area contributed by atoms with Crippen LogP contribution in [-0.2, 0) is 4.79 Å². The fourth-order valence-electron chi connectivity index (χ4n) is 1.14. The second-order valence-corrected chi connectivity index (χ2v) is 2.97. The van der Waals surface area contributed by atoms with Gasteiger partial charge in [0.1, 0.15) is 11.9 Å². The summed E-state index contributed by atoms with van der Waals surface area (Å²) < 4.78 is 12.7. The smallest absolute Gasteiger partial charge is 0.339 e. The molecule has 1 aliphatic carbocycles. The van der Waals surface area contributed by atoms with E-state index in [-0.39, 0.29) is 0 Å². The fraction of sp³-hybridized carbons (Fsp3) is 0.571. The topological polar surface area (TPSA) is 98.0 Å². The Morgan fingerprint density at radius 2 is 2.15 bits per heavy atom. The summed E-state index contributed by atoms with van der Waals surface area (Å²) in [7, 11) is 0. The number of halogens is 1. The van der Waals surface area contributed by atoms with Gasteiger partial charge in [-0.25, -0.2) is 9.18 Å². The third-order valence-corrected chi connectivity index (χ3v) is 1.91. The molecular formula is C7H9FO5. The van der Waals surface area contributed by atoms with Crippen molar-refractivity contribution in [2.24, 2.45) is 0 Å². The van der Waals surface area contributed by atoms with Crippen LogP contribution in [-0.4, -0.2) is 44.2 Å². The van der Waals surface area contributed by atoms with Crippen molar-refractivity contribution in [1.82, 2.24) is 0 Å². The lowest BCUT2D eigenvalue weighted by Crippen LogP contribution is -2.47. The lowest BCUT2D eigenvalue weighted by molar-refractivity contribution is -0.159. The highest BCUT2D eigenvalue weighted by molar-refractivity contribution is 5.80. The predicted molar refractivity (Wildman–Crippen MR) is 38.4 cm³/mol. The number of hydrogen-bond donors (Lipinski definition) is 4. The molecule has 4 N–H and O–H groups in total.